The zero-order chi connectivity index (χ0) is 17.0. The standard InChI is InChI=1S/C20H16BN4.Na/c1-5-17(13-22-9-1)21(18-6-2-10-23-14-18,19-7-3-11-24-15-19)20-8-4-12-25-16-20;/h1-16H;/q-1;+1. The molecule has 0 aliphatic rings. The average Bonchev–Trinajstić information content (AvgIpc) is 2.72. The van der Waals surface area contributed by atoms with Crippen LogP contribution in [-0.4, -0.2) is 26.1 Å². The molecular formula is C20H16BN4Na. The van der Waals surface area contributed by atoms with Gasteiger partial charge in [0.2, 0.25) is 0 Å². The molecule has 4 nitrogen and oxygen atoms in total. The summed E-state index contributed by atoms with van der Waals surface area (Å²) >= 11 is 0. The molecule has 4 heterocycles. The van der Waals surface area contributed by atoms with E-state index in [9.17, 15) is 0 Å². The fraction of sp³-hybridized carbons (Fsp3) is 0. The van der Waals surface area contributed by atoms with E-state index >= 15 is 0 Å². The Morgan fingerprint density at radius 1 is 0.462 bits per heavy atom. The van der Waals surface area contributed by atoms with Crippen LogP contribution >= 0.6 is 0 Å². The fourth-order valence-corrected chi connectivity index (χ4v) is 3.68. The second-order valence-corrected chi connectivity index (χ2v) is 6.01. The van der Waals surface area contributed by atoms with Crippen LogP contribution in [0.15, 0.2) is 98.1 Å². The summed E-state index contributed by atoms with van der Waals surface area (Å²) in [6, 6.07) is 16.3. The van der Waals surface area contributed by atoms with E-state index < -0.39 is 6.15 Å². The first-order valence-electron chi connectivity index (χ1n) is 8.20. The summed E-state index contributed by atoms with van der Waals surface area (Å²) in [6.07, 6.45) is 13.4. The van der Waals surface area contributed by atoms with Gasteiger partial charge in [0, 0.05) is 24.8 Å². The Morgan fingerprint density at radius 2 is 0.731 bits per heavy atom. The van der Waals surface area contributed by atoms with Crippen molar-refractivity contribution in [2.24, 2.45) is 0 Å². The molecule has 120 valence electrons. The van der Waals surface area contributed by atoms with Gasteiger partial charge in [0.25, 0.3) is 0 Å². The van der Waals surface area contributed by atoms with Gasteiger partial charge in [0.15, 0.2) is 0 Å². The first-order valence-corrected chi connectivity index (χ1v) is 8.20. The van der Waals surface area contributed by atoms with Crippen molar-refractivity contribution in [1.29, 1.82) is 0 Å². The largest absolute Gasteiger partial charge is 1.00 e. The van der Waals surface area contributed by atoms with E-state index in [0.717, 1.165) is 21.9 Å². The molecule has 0 amide bonds. The number of hydrogen-bond acceptors (Lipinski definition) is 4. The van der Waals surface area contributed by atoms with Crippen LogP contribution < -0.4 is 51.4 Å². The monoisotopic (exact) mass is 346 g/mol. The molecule has 0 atom stereocenters. The number of pyridine rings is 4. The van der Waals surface area contributed by atoms with Gasteiger partial charge in [-0.3, -0.25) is 19.9 Å². The van der Waals surface area contributed by atoms with Crippen molar-refractivity contribution in [3.05, 3.63) is 98.1 Å². The SMILES string of the molecule is [Na+].c1cncc([B-](c2cccnc2)(c2cccnc2)c2cccnc2)c1. The molecule has 26 heavy (non-hydrogen) atoms. The predicted molar refractivity (Wildman–Crippen MR) is 101 cm³/mol. The third-order valence-corrected chi connectivity index (χ3v) is 4.74. The topological polar surface area (TPSA) is 51.6 Å². The molecule has 0 bridgehead atoms. The molecule has 0 saturated heterocycles. The van der Waals surface area contributed by atoms with Gasteiger partial charge in [-0.1, -0.05) is 24.3 Å². The Bertz CT molecular complexity index is 775. The minimum Gasteiger partial charge on any atom is -0.268 e. The first-order chi connectivity index (χ1) is 12.4. The van der Waals surface area contributed by atoms with Crippen molar-refractivity contribution < 1.29 is 29.6 Å². The Kier molecular flexibility index (Phi) is 5.94. The van der Waals surface area contributed by atoms with Gasteiger partial charge >= 0.3 is 29.6 Å². The molecule has 0 radical (unpaired) electrons. The van der Waals surface area contributed by atoms with Gasteiger partial charge in [-0.15, -0.1) is 0 Å². The van der Waals surface area contributed by atoms with Crippen LogP contribution in [0, 0.1) is 0 Å². The Morgan fingerprint density at radius 3 is 0.923 bits per heavy atom. The molecule has 4 aromatic heterocycles. The predicted octanol–water partition coefficient (Wildman–Crippen LogP) is -2.35. The van der Waals surface area contributed by atoms with Crippen LogP contribution in [0.3, 0.4) is 0 Å². The summed E-state index contributed by atoms with van der Waals surface area (Å²) in [5, 5.41) is 0. The molecule has 0 aliphatic carbocycles. The summed E-state index contributed by atoms with van der Waals surface area (Å²) in [6.45, 7) is 0. The van der Waals surface area contributed by atoms with Gasteiger partial charge < -0.3 is 0 Å². The normalized spacial score (nSPS) is 10.8. The van der Waals surface area contributed by atoms with E-state index in [1.165, 1.54) is 0 Å². The van der Waals surface area contributed by atoms with Crippen LogP contribution in [-0.2, 0) is 0 Å². The molecule has 0 spiro atoms. The van der Waals surface area contributed by atoms with Crippen LogP contribution in [0.1, 0.15) is 0 Å². The third-order valence-electron chi connectivity index (χ3n) is 4.74. The van der Waals surface area contributed by atoms with Crippen molar-refractivity contribution >= 4 is 28.0 Å². The van der Waals surface area contributed by atoms with Crippen LogP contribution in [0.25, 0.3) is 0 Å². The Hall–Kier alpha value is -2.34. The van der Waals surface area contributed by atoms with E-state index in [0.29, 0.717) is 0 Å². The molecule has 0 fully saturated rings. The van der Waals surface area contributed by atoms with Gasteiger partial charge in [-0.05, 0) is 49.1 Å². The van der Waals surface area contributed by atoms with Gasteiger partial charge in [-0.2, -0.15) is 21.9 Å². The van der Waals surface area contributed by atoms with E-state index in [-0.39, 0.29) is 29.6 Å². The van der Waals surface area contributed by atoms with Crippen LogP contribution in [0.5, 0.6) is 0 Å². The minimum atomic E-state index is -1.47. The van der Waals surface area contributed by atoms with Gasteiger partial charge in [-0.25, -0.2) is 0 Å². The second-order valence-electron chi connectivity index (χ2n) is 6.01. The second kappa shape index (κ2) is 8.36. The Balaban J connectivity index is 0.00000196. The van der Waals surface area contributed by atoms with Crippen molar-refractivity contribution in [3.8, 4) is 0 Å². The average molecular weight is 346 g/mol. The van der Waals surface area contributed by atoms with E-state index in [1.807, 2.05) is 49.1 Å². The van der Waals surface area contributed by atoms with E-state index in [2.05, 4.69) is 44.2 Å². The smallest absolute Gasteiger partial charge is 0.268 e. The number of aromatic nitrogens is 4. The van der Waals surface area contributed by atoms with Crippen molar-refractivity contribution in [2.45, 2.75) is 0 Å². The van der Waals surface area contributed by atoms with Gasteiger partial charge in [0.05, 0.1) is 0 Å². The first kappa shape index (κ1) is 18.5. The molecule has 0 saturated carbocycles. The fourth-order valence-electron chi connectivity index (χ4n) is 3.68. The molecule has 0 aromatic carbocycles. The zero-order valence-electron chi connectivity index (χ0n) is 14.6. The minimum absolute atomic E-state index is 0. The quantitative estimate of drug-likeness (QED) is 0.389. The number of hydrogen-bond donors (Lipinski definition) is 0. The molecular weight excluding hydrogens is 330 g/mol. The third kappa shape index (κ3) is 3.21. The summed E-state index contributed by atoms with van der Waals surface area (Å²) < 4.78 is 0. The number of rotatable bonds is 4. The molecule has 6 heteroatoms. The van der Waals surface area contributed by atoms with Crippen LogP contribution in [0.4, 0.5) is 0 Å². The van der Waals surface area contributed by atoms with E-state index in [1.54, 1.807) is 24.8 Å². The molecule has 0 unspecified atom stereocenters. The van der Waals surface area contributed by atoms with Crippen molar-refractivity contribution in [1.82, 2.24) is 19.9 Å². The molecule has 4 rings (SSSR count). The zero-order valence-corrected chi connectivity index (χ0v) is 16.6. The Labute approximate surface area is 175 Å². The summed E-state index contributed by atoms with van der Waals surface area (Å²) in [5.41, 5.74) is 4.43. The number of nitrogens with zero attached hydrogens (tertiary/aromatic N) is 4. The summed E-state index contributed by atoms with van der Waals surface area (Å²) in [5.74, 6) is 0. The maximum atomic E-state index is 4.38. The maximum Gasteiger partial charge on any atom is 1.00 e. The molecule has 4 aromatic rings. The van der Waals surface area contributed by atoms with Crippen LogP contribution in [0.2, 0.25) is 0 Å². The van der Waals surface area contributed by atoms with Crippen molar-refractivity contribution in [3.63, 3.8) is 0 Å². The summed E-state index contributed by atoms with van der Waals surface area (Å²) in [4.78, 5) is 17.5. The van der Waals surface area contributed by atoms with E-state index in [4.69, 9.17) is 0 Å². The molecule has 0 aliphatic heterocycles. The molecule has 0 N–H and O–H groups in total. The summed E-state index contributed by atoms with van der Waals surface area (Å²) in [7, 11) is 0. The maximum absolute atomic E-state index is 4.38. The van der Waals surface area contributed by atoms with Crippen molar-refractivity contribution in [2.75, 3.05) is 0 Å². The van der Waals surface area contributed by atoms with Gasteiger partial charge in [0.1, 0.15) is 6.15 Å².